The molecule has 1 aromatic rings. The molecule has 0 bridgehead atoms. The number of rotatable bonds is 5. The number of aliphatic carboxylic acids is 1. The number of Topliss-reactive ketones (excluding diaryl/α,β-unsaturated/α-hetero) is 1. The quantitative estimate of drug-likeness (QED) is 0.844. The Labute approximate surface area is 123 Å². The molecule has 0 spiro atoms. The zero-order valence-corrected chi connectivity index (χ0v) is 12.5. The molecule has 1 amide bonds. The molecular formula is C16H19NO4. The zero-order valence-electron chi connectivity index (χ0n) is 12.5. The summed E-state index contributed by atoms with van der Waals surface area (Å²) in [4.78, 5) is 36.6. The first-order chi connectivity index (χ1) is 9.78. The van der Waals surface area contributed by atoms with Crippen LogP contribution in [0.5, 0.6) is 0 Å². The molecule has 0 saturated heterocycles. The fourth-order valence-corrected chi connectivity index (χ4v) is 2.64. The van der Waals surface area contributed by atoms with Crippen molar-refractivity contribution in [2.45, 2.75) is 39.0 Å². The van der Waals surface area contributed by atoms with Crippen LogP contribution in [0.1, 0.15) is 49.5 Å². The lowest BCUT2D eigenvalue weighted by Crippen LogP contribution is -2.37. The Morgan fingerprint density at radius 1 is 1.29 bits per heavy atom. The molecule has 0 fully saturated rings. The number of nitrogens with zero attached hydrogens (tertiary/aromatic N) is 1. The summed E-state index contributed by atoms with van der Waals surface area (Å²) in [5, 5.41) is 8.80. The second-order valence-corrected chi connectivity index (χ2v) is 5.73. The number of ketones is 1. The summed E-state index contributed by atoms with van der Waals surface area (Å²) < 4.78 is 0. The minimum atomic E-state index is -0.938. The molecule has 0 atom stereocenters. The molecule has 21 heavy (non-hydrogen) atoms. The summed E-state index contributed by atoms with van der Waals surface area (Å²) >= 11 is 0. The Kier molecular flexibility index (Phi) is 3.85. The Bertz CT molecular complexity index is 619. The van der Waals surface area contributed by atoms with Crippen molar-refractivity contribution in [1.82, 2.24) is 0 Å². The molecule has 1 aliphatic heterocycles. The lowest BCUT2D eigenvalue weighted by Gasteiger charge is -2.19. The summed E-state index contributed by atoms with van der Waals surface area (Å²) in [6, 6.07) is 5.21. The van der Waals surface area contributed by atoms with Gasteiger partial charge in [-0.25, -0.2) is 0 Å². The van der Waals surface area contributed by atoms with Crippen molar-refractivity contribution >= 4 is 23.3 Å². The monoisotopic (exact) mass is 289 g/mol. The maximum absolute atomic E-state index is 12.5. The van der Waals surface area contributed by atoms with Crippen LogP contribution >= 0.6 is 0 Å². The van der Waals surface area contributed by atoms with Crippen LogP contribution in [-0.4, -0.2) is 29.3 Å². The Morgan fingerprint density at radius 3 is 2.52 bits per heavy atom. The highest BCUT2D eigenvalue weighted by atomic mass is 16.4. The van der Waals surface area contributed by atoms with Crippen molar-refractivity contribution in [3.8, 4) is 0 Å². The maximum Gasteiger partial charge on any atom is 0.305 e. The van der Waals surface area contributed by atoms with E-state index in [9.17, 15) is 14.4 Å². The Hall–Kier alpha value is -2.17. The van der Waals surface area contributed by atoms with Gasteiger partial charge in [-0.3, -0.25) is 14.4 Å². The lowest BCUT2D eigenvalue weighted by molar-refractivity contribution is -0.136. The van der Waals surface area contributed by atoms with E-state index >= 15 is 0 Å². The highest BCUT2D eigenvalue weighted by molar-refractivity contribution is 6.09. The average Bonchev–Trinajstić information content (AvgIpc) is 2.63. The fraction of sp³-hybridized carbons (Fsp3) is 0.438. The molecule has 0 unspecified atom stereocenters. The largest absolute Gasteiger partial charge is 0.481 e. The van der Waals surface area contributed by atoms with E-state index in [2.05, 4.69) is 0 Å². The summed E-state index contributed by atoms with van der Waals surface area (Å²) in [6.07, 6.45) is 0.312. The molecule has 1 aromatic carbocycles. The Balaban J connectivity index is 2.44. The van der Waals surface area contributed by atoms with Gasteiger partial charge in [0.15, 0.2) is 5.78 Å². The van der Waals surface area contributed by atoms with Crippen molar-refractivity contribution in [3.63, 3.8) is 0 Å². The third-order valence-corrected chi connectivity index (χ3v) is 3.93. The van der Waals surface area contributed by atoms with Crippen LogP contribution in [0.25, 0.3) is 0 Å². The van der Waals surface area contributed by atoms with Crippen molar-refractivity contribution < 1.29 is 19.5 Å². The van der Waals surface area contributed by atoms with E-state index in [1.807, 2.05) is 0 Å². The number of fused-ring (bicyclic) bond motifs is 1. The molecule has 0 radical (unpaired) electrons. The fourth-order valence-electron chi connectivity index (χ4n) is 2.64. The Morgan fingerprint density at radius 2 is 1.95 bits per heavy atom. The number of hydrogen-bond acceptors (Lipinski definition) is 3. The van der Waals surface area contributed by atoms with E-state index in [1.165, 1.54) is 4.90 Å². The smallest absolute Gasteiger partial charge is 0.305 e. The molecule has 1 N–H and O–H groups in total. The molecule has 1 heterocycles. The first kappa shape index (κ1) is 15.2. The van der Waals surface area contributed by atoms with Gasteiger partial charge in [-0.05, 0) is 37.6 Å². The van der Waals surface area contributed by atoms with Gasteiger partial charge in [0, 0.05) is 24.2 Å². The van der Waals surface area contributed by atoms with E-state index in [0.717, 1.165) is 5.56 Å². The third-order valence-electron chi connectivity index (χ3n) is 3.93. The minimum absolute atomic E-state index is 0.0324. The maximum atomic E-state index is 12.5. The van der Waals surface area contributed by atoms with E-state index in [4.69, 9.17) is 5.11 Å². The van der Waals surface area contributed by atoms with Crippen molar-refractivity contribution in [2.75, 3.05) is 11.4 Å². The van der Waals surface area contributed by atoms with Gasteiger partial charge in [-0.2, -0.15) is 0 Å². The van der Waals surface area contributed by atoms with Gasteiger partial charge in [-0.15, -0.1) is 0 Å². The number of hydrogen-bond donors (Lipinski definition) is 1. The number of benzene rings is 1. The van der Waals surface area contributed by atoms with Crippen LogP contribution in [-0.2, 0) is 15.0 Å². The second-order valence-electron chi connectivity index (χ2n) is 5.73. The van der Waals surface area contributed by atoms with E-state index in [1.54, 1.807) is 39.0 Å². The SMILES string of the molecule is CCC(=O)c1ccc2c(c1)C(C)(C)C(=O)N2CCC(=O)O. The van der Waals surface area contributed by atoms with Gasteiger partial charge in [-0.1, -0.05) is 6.92 Å². The predicted molar refractivity (Wildman–Crippen MR) is 78.7 cm³/mol. The molecule has 0 saturated carbocycles. The van der Waals surface area contributed by atoms with E-state index in [-0.39, 0.29) is 24.7 Å². The summed E-state index contributed by atoms with van der Waals surface area (Å²) in [5.41, 5.74) is 1.35. The third kappa shape index (κ3) is 2.55. The van der Waals surface area contributed by atoms with Crippen molar-refractivity contribution in [1.29, 1.82) is 0 Å². The number of anilines is 1. The van der Waals surface area contributed by atoms with Crippen molar-refractivity contribution in [2.24, 2.45) is 0 Å². The first-order valence-electron chi connectivity index (χ1n) is 7.00. The molecule has 0 aromatic heterocycles. The highest BCUT2D eigenvalue weighted by Gasteiger charge is 2.43. The number of carbonyl (C=O) groups is 3. The van der Waals surface area contributed by atoms with Gasteiger partial charge in [0.25, 0.3) is 0 Å². The normalized spacial score (nSPS) is 16.0. The number of carboxylic acids is 1. The van der Waals surface area contributed by atoms with Gasteiger partial charge in [0.05, 0.1) is 11.8 Å². The number of amides is 1. The minimum Gasteiger partial charge on any atom is -0.481 e. The van der Waals surface area contributed by atoms with Gasteiger partial charge >= 0.3 is 5.97 Å². The van der Waals surface area contributed by atoms with E-state index in [0.29, 0.717) is 17.7 Å². The first-order valence-corrected chi connectivity index (χ1v) is 7.00. The van der Waals surface area contributed by atoms with Gasteiger partial charge in [0.1, 0.15) is 0 Å². The highest BCUT2D eigenvalue weighted by Crippen LogP contribution is 2.42. The summed E-state index contributed by atoms with van der Waals surface area (Å²) in [5.74, 6) is -1.03. The van der Waals surface area contributed by atoms with Crippen LogP contribution in [0.2, 0.25) is 0 Å². The second kappa shape index (κ2) is 5.31. The van der Waals surface area contributed by atoms with Crippen LogP contribution in [0, 0.1) is 0 Å². The molecule has 2 rings (SSSR count). The molecule has 5 nitrogen and oxygen atoms in total. The zero-order chi connectivity index (χ0) is 15.8. The molecule has 0 aliphatic carbocycles. The van der Waals surface area contributed by atoms with E-state index < -0.39 is 11.4 Å². The number of carbonyl (C=O) groups excluding carboxylic acids is 2. The van der Waals surface area contributed by atoms with Crippen LogP contribution in [0.3, 0.4) is 0 Å². The molecule has 112 valence electrons. The van der Waals surface area contributed by atoms with Crippen LogP contribution in [0.4, 0.5) is 5.69 Å². The molecular weight excluding hydrogens is 270 g/mol. The van der Waals surface area contributed by atoms with Crippen LogP contribution in [0.15, 0.2) is 18.2 Å². The summed E-state index contributed by atoms with van der Waals surface area (Å²) in [6.45, 7) is 5.54. The lowest BCUT2D eigenvalue weighted by atomic mass is 9.85. The van der Waals surface area contributed by atoms with Crippen molar-refractivity contribution in [3.05, 3.63) is 29.3 Å². The summed E-state index contributed by atoms with van der Waals surface area (Å²) in [7, 11) is 0. The number of carboxylic acid groups (broad SMARTS) is 1. The standard InChI is InChI=1S/C16H19NO4/c1-4-13(18)10-5-6-12-11(9-10)16(2,3)15(21)17(12)8-7-14(19)20/h5-6,9H,4,7-8H2,1-3H3,(H,19,20). The molecule has 5 heteroatoms. The average molecular weight is 289 g/mol. The molecule has 1 aliphatic rings. The van der Waals surface area contributed by atoms with Gasteiger partial charge in [0.2, 0.25) is 5.91 Å². The topological polar surface area (TPSA) is 74.7 Å². The predicted octanol–water partition coefficient (Wildman–Crippen LogP) is 2.38. The van der Waals surface area contributed by atoms with Crippen LogP contribution < -0.4 is 4.90 Å². The van der Waals surface area contributed by atoms with Gasteiger partial charge < -0.3 is 10.0 Å².